The quantitative estimate of drug-likeness (QED) is 0.0847. The Balaban J connectivity index is 1.62. The van der Waals surface area contributed by atoms with Gasteiger partial charge in [-0.05, 0) is 0 Å². The van der Waals surface area contributed by atoms with Gasteiger partial charge in [-0.1, -0.05) is 0 Å². The van der Waals surface area contributed by atoms with Crippen LogP contribution in [0.5, 0.6) is 23.0 Å². The Morgan fingerprint density at radius 2 is 0.830 bits per heavy atom. The molecule has 0 amide bonds. The second-order valence-electron chi connectivity index (χ2n) is 10.0. The first kappa shape index (κ1) is 36.7. The van der Waals surface area contributed by atoms with Crippen molar-refractivity contribution in [2.24, 2.45) is 15.5 Å². The fraction of sp³-hybridized carbons (Fsp3) is 0.250. The summed E-state index contributed by atoms with van der Waals surface area (Å²) in [6.45, 7) is 0.779. The van der Waals surface area contributed by atoms with E-state index in [-0.39, 0.29) is 26.4 Å². The third-order valence-corrected chi connectivity index (χ3v) is 12.6. The van der Waals surface area contributed by atoms with Crippen molar-refractivity contribution in [3.8, 4) is 23.0 Å². The number of ether oxygens (including phenoxy) is 4. The predicted molar refractivity (Wildman–Crippen MR) is 189 cm³/mol. The van der Waals surface area contributed by atoms with E-state index >= 15 is 0 Å². The molecule has 0 saturated heterocycles. The molecule has 4 aromatic carbocycles. The first-order valence-electron chi connectivity index (χ1n) is 14.6. The van der Waals surface area contributed by atoms with E-state index < -0.39 is 24.6 Å². The zero-order valence-corrected chi connectivity index (χ0v) is 29.8. The normalized spacial score (nSPS) is 11.8. The number of nitrogens with one attached hydrogen (secondary N) is 1. The molecule has 12 nitrogen and oxygen atoms in total. The molecule has 0 unspecified atom stereocenters. The fourth-order valence-corrected chi connectivity index (χ4v) is 10.00. The molecule has 0 aliphatic carbocycles. The molecule has 0 bridgehead atoms. The number of methoxy groups -OCH3 is 4. The molecule has 4 rings (SSSR count). The summed E-state index contributed by atoms with van der Waals surface area (Å²) >= 11 is 0. The summed E-state index contributed by atoms with van der Waals surface area (Å²) in [7, 11) is -1.37. The molecule has 0 aromatic heterocycles. The standard InChI is InChI=1S/C32H43N4O8P3/c1-37-29-13-5-25(6-14-29)21-41-46(42-22-26-7-15-30(38-2)16-8-26)36-47(35-45(33)34,43-23-27-9-17-31(39-3)18-10-27)44-24-28-11-19-32(40-4)20-12-28/h5-20,36,45,47H,21-24H2,1-4H3,(H4,33,34,35). The number of nitrogens with two attached hydrogens (primary N) is 2. The van der Waals surface area contributed by atoms with Gasteiger partial charge in [-0.2, -0.15) is 0 Å². The third kappa shape index (κ3) is 12.1. The first-order valence-corrected chi connectivity index (χ1v) is 19.1. The molecule has 0 fully saturated rings. The van der Waals surface area contributed by atoms with Crippen molar-refractivity contribution in [1.29, 1.82) is 0 Å². The molecule has 0 spiro atoms. The Bertz CT molecular complexity index is 1420. The van der Waals surface area contributed by atoms with Crippen molar-refractivity contribution in [3.05, 3.63) is 119 Å². The predicted octanol–water partition coefficient (Wildman–Crippen LogP) is 7.26. The molecular weight excluding hydrogens is 661 g/mol. The van der Waals surface area contributed by atoms with Crippen LogP contribution in [0, 0.1) is 0 Å². The van der Waals surface area contributed by atoms with Crippen LogP contribution in [0.15, 0.2) is 102 Å². The summed E-state index contributed by atoms with van der Waals surface area (Å²) in [5.74, 6) is 2.95. The van der Waals surface area contributed by atoms with E-state index in [0.29, 0.717) is 0 Å². The van der Waals surface area contributed by atoms with Crippen LogP contribution in [0.25, 0.3) is 0 Å². The zero-order valence-electron chi connectivity index (χ0n) is 26.9. The van der Waals surface area contributed by atoms with Crippen LogP contribution in [0.2, 0.25) is 0 Å². The maximum atomic E-state index is 6.52. The van der Waals surface area contributed by atoms with E-state index in [1.807, 2.05) is 97.1 Å². The first-order chi connectivity index (χ1) is 22.8. The summed E-state index contributed by atoms with van der Waals surface area (Å²) in [6.07, 6.45) is 0. The summed E-state index contributed by atoms with van der Waals surface area (Å²) in [4.78, 5) is 3.39. The summed E-state index contributed by atoms with van der Waals surface area (Å²) < 4.78 is 51.7. The van der Waals surface area contributed by atoms with Crippen LogP contribution in [-0.2, 0) is 44.5 Å². The number of nitrogens with zero attached hydrogens (tertiary/aromatic N) is 1. The monoisotopic (exact) mass is 704 g/mol. The van der Waals surface area contributed by atoms with Crippen molar-refractivity contribution in [3.63, 3.8) is 0 Å². The molecule has 47 heavy (non-hydrogen) atoms. The molecule has 4 aromatic rings. The summed E-state index contributed by atoms with van der Waals surface area (Å²) in [6, 6.07) is 30.2. The number of benzene rings is 4. The second-order valence-corrected chi connectivity index (χ2v) is 15.4. The Hall–Kier alpha value is -3.11. The van der Waals surface area contributed by atoms with Gasteiger partial charge in [-0.15, -0.1) is 0 Å². The average molecular weight is 705 g/mol. The van der Waals surface area contributed by atoms with Gasteiger partial charge in [-0.25, -0.2) is 0 Å². The van der Waals surface area contributed by atoms with E-state index in [1.54, 1.807) is 28.4 Å². The Morgan fingerprint density at radius 3 is 1.11 bits per heavy atom. The Kier molecular flexibility index (Phi) is 14.9. The van der Waals surface area contributed by atoms with Gasteiger partial charge < -0.3 is 0 Å². The molecule has 0 heterocycles. The topological polar surface area (TPSA) is 150 Å². The second kappa shape index (κ2) is 19.0. The van der Waals surface area contributed by atoms with Gasteiger partial charge in [-0.3, -0.25) is 0 Å². The molecule has 0 radical (unpaired) electrons. The van der Waals surface area contributed by atoms with E-state index in [4.69, 9.17) is 52.6 Å². The van der Waals surface area contributed by atoms with E-state index in [0.717, 1.165) is 45.3 Å². The minimum absolute atomic E-state index is 0.157. The van der Waals surface area contributed by atoms with Crippen molar-refractivity contribution in [2.75, 3.05) is 28.4 Å². The molecule has 0 atom stereocenters. The van der Waals surface area contributed by atoms with Crippen LogP contribution in [-0.4, -0.2) is 28.4 Å². The Morgan fingerprint density at radius 1 is 0.532 bits per heavy atom. The van der Waals surface area contributed by atoms with Gasteiger partial charge in [0.1, 0.15) is 0 Å². The van der Waals surface area contributed by atoms with E-state index in [2.05, 4.69) is 4.86 Å². The van der Waals surface area contributed by atoms with Gasteiger partial charge in [0.25, 0.3) is 0 Å². The molecule has 0 aliphatic rings. The SMILES string of the molecule is COc1ccc(COP(N[PH](N=[PH](N)N)(OCc2ccc(OC)cc2)OCc2ccc(OC)cc2)OCc2ccc(OC)cc2)cc1. The van der Waals surface area contributed by atoms with Crippen molar-refractivity contribution in [2.45, 2.75) is 26.4 Å². The summed E-state index contributed by atoms with van der Waals surface area (Å²) in [5.41, 5.74) is 15.9. The summed E-state index contributed by atoms with van der Waals surface area (Å²) in [5, 5.41) is 0. The van der Waals surface area contributed by atoms with Crippen LogP contribution in [0.4, 0.5) is 0 Å². The molecular formula is C32H43N4O8P3. The van der Waals surface area contributed by atoms with Crippen LogP contribution < -0.4 is 34.8 Å². The minimum atomic E-state index is -3.79. The molecule has 0 saturated carbocycles. The van der Waals surface area contributed by atoms with Gasteiger partial charge >= 0.3 is 279 Å². The van der Waals surface area contributed by atoms with Gasteiger partial charge in [0.05, 0.1) is 0 Å². The van der Waals surface area contributed by atoms with Gasteiger partial charge in [0.2, 0.25) is 0 Å². The van der Waals surface area contributed by atoms with Crippen molar-refractivity contribution in [1.82, 2.24) is 4.86 Å². The molecule has 15 heteroatoms. The maximum absolute atomic E-state index is 6.52. The zero-order chi connectivity index (χ0) is 33.5. The van der Waals surface area contributed by atoms with Crippen LogP contribution in [0.3, 0.4) is 0 Å². The Labute approximate surface area is 278 Å². The third-order valence-electron chi connectivity index (χ3n) is 6.71. The van der Waals surface area contributed by atoms with E-state index in [1.165, 1.54) is 0 Å². The average Bonchev–Trinajstić information content (AvgIpc) is 3.11. The van der Waals surface area contributed by atoms with Gasteiger partial charge in [0.15, 0.2) is 0 Å². The van der Waals surface area contributed by atoms with Gasteiger partial charge in [0, 0.05) is 0 Å². The van der Waals surface area contributed by atoms with Crippen LogP contribution in [0.1, 0.15) is 22.3 Å². The number of rotatable bonds is 19. The molecule has 254 valence electrons. The van der Waals surface area contributed by atoms with Crippen LogP contribution >= 0.6 is 24.6 Å². The number of hydrogen-bond donors (Lipinski definition) is 3. The van der Waals surface area contributed by atoms with Crippen molar-refractivity contribution >= 4 is 24.6 Å². The molecule has 0 aliphatic heterocycles. The van der Waals surface area contributed by atoms with Crippen molar-refractivity contribution < 1.29 is 37.0 Å². The number of hydrogen-bond acceptors (Lipinski definition) is 10. The molecule has 5 N–H and O–H groups in total. The fourth-order valence-electron chi connectivity index (χ4n) is 4.10. The van der Waals surface area contributed by atoms with E-state index in [9.17, 15) is 0 Å².